The zero-order valence-corrected chi connectivity index (χ0v) is 10.8. The van der Waals surface area contributed by atoms with E-state index in [0.717, 1.165) is 31.6 Å². The maximum atomic E-state index is 11.4. The van der Waals surface area contributed by atoms with Crippen LogP contribution in [0, 0.1) is 17.2 Å². The van der Waals surface area contributed by atoms with E-state index in [9.17, 15) is 4.79 Å². The van der Waals surface area contributed by atoms with E-state index < -0.39 is 0 Å². The Bertz CT molecular complexity index is 534. The summed E-state index contributed by atoms with van der Waals surface area (Å²) in [4.78, 5) is 13.7. The first kappa shape index (κ1) is 12.0. The van der Waals surface area contributed by atoms with Gasteiger partial charge in [-0.1, -0.05) is 6.07 Å². The van der Waals surface area contributed by atoms with Crippen molar-refractivity contribution in [1.82, 2.24) is 5.32 Å². The normalized spacial score (nSPS) is 26.3. The van der Waals surface area contributed by atoms with Crippen molar-refractivity contribution in [2.75, 3.05) is 18.0 Å². The van der Waals surface area contributed by atoms with E-state index in [4.69, 9.17) is 5.26 Å². The van der Waals surface area contributed by atoms with Crippen molar-refractivity contribution in [2.45, 2.75) is 25.3 Å². The predicted molar refractivity (Wildman–Crippen MR) is 72.6 cm³/mol. The summed E-state index contributed by atoms with van der Waals surface area (Å²) >= 11 is 0. The number of piperidine rings is 2. The summed E-state index contributed by atoms with van der Waals surface area (Å²) in [7, 11) is 0. The molecular formula is C15H17N3O. The fraction of sp³-hybridized carbons (Fsp3) is 0.467. The molecule has 0 saturated carbocycles. The van der Waals surface area contributed by atoms with Crippen LogP contribution >= 0.6 is 0 Å². The zero-order chi connectivity index (χ0) is 13.2. The van der Waals surface area contributed by atoms with E-state index in [1.165, 1.54) is 0 Å². The van der Waals surface area contributed by atoms with Crippen molar-refractivity contribution >= 4 is 11.6 Å². The van der Waals surface area contributed by atoms with Gasteiger partial charge >= 0.3 is 0 Å². The molecule has 1 N–H and O–H groups in total. The number of nitrogens with zero attached hydrogens (tertiary/aromatic N) is 2. The maximum Gasteiger partial charge on any atom is 0.220 e. The number of amides is 1. The highest BCUT2D eigenvalue weighted by molar-refractivity contribution is 5.77. The van der Waals surface area contributed by atoms with Crippen LogP contribution in [-0.2, 0) is 4.79 Å². The van der Waals surface area contributed by atoms with Gasteiger partial charge in [0.1, 0.15) is 0 Å². The monoisotopic (exact) mass is 255 g/mol. The lowest BCUT2D eigenvalue weighted by atomic mass is 9.85. The van der Waals surface area contributed by atoms with Crippen LogP contribution in [0.4, 0.5) is 5.69 Å². The Hall–Kier alpha value is -2.02. The van der Waals surface area contributed by atoms with Crippen LogP contribution in [0.2, 0.25) is 0 Å². The summed E-state index contributed by atoms with van der Waals surface area (Å²) in [5.41, 5.74) is 1.82. The number of nitrogens with one attached hydrogen (secondary N) is 1. The van der Waals surface area contributed by atoms with Crippen molar-refractivity contribution in [1.29, 1.82) is 5.26 Å². The van der Waals surface area contributed by atoms with Crippen molar-refractivity contribution in [3.63, 3.8) is 0 Å². The molecule has 0 bridgehead atoms. The molecule has 2 aliphatic heterocycles. The standard InChI is InChI=1S/C15H17N3O/c16-9-11-2-1-3-13(8-11)18-7-6-14-12(10-18)4-5-15(19)17-14/h1-3,8,12,14H,4-7,10H2,(H,17,19). The molecule has 1 aromatic rings. The molecule has 2 atom stereocenters. The molecule has 0 aromatic heterocycles. The van der Waals surface area contributed by atoms with Gasteiger partial charge in [-0.3, -0.25) is 4.79 Å². The highest BCUT2D eigenvalue weighted by atomic mass is 16.1. The highest BCUT2D eigenvalue weighted by Crippen LogP contribution is 2.28. The van der Waals surface area contributed by atoms with Crippen LogP contribution in [0.25, 0.3) is 0 Å². The summed E-state index contributed by atoms with van der Waals surface area (Å²) in [5, 5.41) is 12.1. The Labute approximate surface area is 113 Å². The molecule has 2 heterocycles. The molecule has 3 rings (SSSR count). The largest absolute Gasteiger partial charge is 0.371 e. The lowest BCUT2D eigenvalue weighted by Gasteiger charge is -2.42. The molecule has 2 unspecified atom stereocenters. The number of rotatable bonds is 1. The Balaban J connectivity index is 1.74. The van der Waals surface area contributed by atoms with Gasteiger partial charge in [0.15, 0.2) is 0 Å². The molecule has 0 spiro atoms. The molecule has 19 heavy (non-hydrogen) atoms. The summed E-state index contributed by atoms with van der Waals surface area (Å²) < 4.78 is 0. The van der Waals surface area contributed by atoms with Crippen molar-refractivity contribution < 1.29 is 4.79 Å². The van der Waals surface area contributed by atoms with Crippen LogP contribution in [0.1, 0.15) is 24.8 Å². The van der Waals surface area contributed by atoms with E-state index in [-0.39, 0.29) is 5.91 Å². The quantitative estimate of drug-likeness (QED) is 0.830. The predicted octanol–water partition coefficient (Wildman–Crippen LogP) is 1.66. The van der Waals surface area contributed by atoms with Crippen LogP contribution in [0.15, 0.2) is 24.3 Å². The van der Waals surface area contributed by atoms with Crippen molar-refractivity contribution in [2.24, 2.45) is 5.92 Å². The fourth-order valence-corrected chi connectivity index (χ4v) is 3.12. The molecule has 4 nitrogen and oxygen atoms in total. The summed E-state index contributed by atoms with van der Waals surface area (Å²) in [5.74, 6) is 0.735. The Morgan fingerprint density at radius 2 is 2.26 bits per heavy atom. The van der Waals surface area contributed by atoms with Crippen LogP contribution < -0.4 is 10.2 Å². The first-order chi connectivity index (χ1) is 9.26. The highest BCUT2D eigenvalue weighted by Gasteiger charge is 2.33. The Morgan fingerprint density at radius 1 is 1.37 bits per heavy atom. The molecule has 1 aromatic carbocycles. The molecule has 0 aliphatic carbocycles. The molecule has 4 heteroatoms. The SMILES string of the molecule is N#Cc1cccc(N2CCC3NC(=O)CCC3C2)c1. The smallest absolute Gasteiger partial charge is 0.220 e. The van der Waals surface area contributed by atoms with Gasteiger partial charge < -0.3 is 10.2 Å². The Morgan fingerprint density at radius 3 is 3.11 bits per heavy atom. The average molecular weight is 255 g/mol. The molecule has 2 saturated heterocycles. The van der Waals surface area contributed by atoms with Crippen LogP contribution in [-0.4, -0.2) is 25.0 Å². The van der Waals surface area contributed by atoms with E-state index in [1.807, 2.05) is 18.2 Å². The number of anilines is 1. The zero-order valence-electron chi connectivity index (χ0n) is 10.8. The summed E-state index contributed by atoms with van der Waals surface area (Å²) in [6, 6.07) is 10.3. The average Bonchev–Trinajstić information content (AvgIpc) is 2.46. The van der Waals surface area contributed by atoms with Crippen molar-refractivity contribution in [3.8, 4) is 6.07 Å². The first-order valence-electron chi connectivity index (χ1n) is 6.81. The minimum absolute atomic E-state index is 0.196. The number of carbonyl (C=O) groups excluding carboxylic acids is 1. The van der Waals surface area contributed by atoms with Gasteiger partial charge in [0.2, 0.25) is 5.91 Å². The van der Waals surface area contributed by atoms with Gasteiger partial charge in [-0.15, -0.1) is 0 Å². The van der Waals surface area contributed by atoms with Gasteiger partial charge in [-0.05, 0) is 37.0 Å². The molecular weight excluding hydrogens is 238 g/mol. The van der Waals surface area contributed by atoms with E-state index in [1.54, 1.807) is 0 Å². The second kappa shape index (κ2) is 4.93. The summed E-state index contributed by atoms with van der Waals surface area (Å²) in [6.07, 6.45) is 2.62. The first-order valence-corrected chi connectivity index (χ1v) is 6.81. The van der Waals surface area contributed by atoms with E-state index >= 15 is 0 Å². The van der Waals surface area contributed by atoms with Gasteiger partial charge in [0, 0.05) is 31.2 Å². The molecule has 2 aliphatic rings. The van der Waals surface area contributed by atoms with Crippen LogP contribution in [0.3, 0.4) is 0 Å². The third-order valence-corrected chi connectivity index (χ3v) is 4.16. The van der Waals surface area contributed by atoms with E-state index in [0.29, 0.717) is 23.9 Å². The molecule has 98 valence electrons. The minimum Gasteiger partial charge on any atom is -0.371 e. The lowest BCUT2D eigenvalue weighted by Crippen LogP contribution is -2.54. The summed E-state index contributed by atoms with van der Waals surface area (Å²) in [6.45, 7) is 1.91. The number of benzene rings is 1. The molecule has 1 amide bonds. The third kappa shape index (κ3) is 2.41. The van der Waals surface area contributed by atoms with Gasteiger partial charge in [-0.25, -0.2) is 0 Å². The van der Waals surface area contributed by atoms with Gasteiger partial charge in [-0.2, -0.15) is 5.26 Å². The van der Waals surface area contributed by atoms with Crippen LogP contribution in [0.5, 0.6) is 0 Å². The molecule has 2 fully saturated rings. The number of carbonyl (C=O) groups is 1. The number of nitriles is 1. The van der Waals surface area contributed by atoms with E-state index in [2.05, 4.69) is 22.4 Å². The Kier molecular flexibility index (Phi) is 3.12. The fourth-order valence-electron chi connectivity index (χ4n) is 3.12. The minimum atomic E-state index is 0.196. The number of fused-ring (bicyclic) bond motifs is 1. The van der Waals surface area contributed by atoms with Crippen molar-refractivity contribution in [3.05, 3.63) is 29.8 Å². The van der Waals surface area contributed by atoms with Gasteiger partial charge in [0.25, 0.3) is 0 Å². The number of hydrogen-bond acceptors (Lipinski definition) is 3. The topological polar surface area (TPSA) is 56.1 Å². The second-order valence-corrected chi connectivity index (χ2v) is 5.37. The third-order valence-electron chi connectivity index (χ3n) is 4.16. The maximum absolute atomic E-state index is 11.4. The lowest BCUT2D eigenvalue weighted by molar-refractivity contribution is -0.124. The second-order valence-electron chi connectivity index (χ2n) is 5.37. The molecule has 0 radical (unpaired) electrons. The number of hydrogen-bond donors (Lipinski definition) is 1. The van der Waals surface area contributed by atoms with Gasteiger partial charge in [0.05, 0.1) is 11.6 Å².